The van der Waals surface area contributed by atoms with Crippen molar-refractivity contribution in [1.29, 1.82) is 0 Å². The highest BCUT2D eigenvalue weighted by atomic mass is 35.5. The van der Waals surface area contributed by atoms with Crippen molar-refractivity contribution in [1.82, 2.24) is 4.98 Å². The minimum atomic E-state index is -0.908. The highest BCUT2D eigenvalue weighted by Gasteiger charge is 2.55. The van der Waals surface area contributed by atoms with Crippen LogP contribution in [0.2, 0.25) is 5.15 Å². The molecule has 1 aromatic carbocycles. The molecule has 0 saturated heterocycles. The number of aromatic nitrogens is 1. The molecule has 1 heterocycles. The van der Waals surface area contributed by atoms with E-state index in [9.17, 15) is 4.79 Å². The SMILES string of the molecule is COC(=O)C1(c2cccc(Cl)n2)C=C1c1ccc(C)cc1. The number of esters is 1. The van der Waals surface area contributed by atoms with Crippen LogP contribution in [-0.4, -0.2) is 18.1 Å². The molecule has 3 nitrogen and oxygen atoms in total. The fourth-order valence-corrected chi connectivity index (χ4v) is 2.66. The van der Waals surface area contributed by atoms with E-state index < -0.39 is 5.41 Å². The summed E-state index contributed by atoms with van der Waals surface area (Å²) in [6.07, 6.45) is 1.88. The molecule has 2 aromatic rings. The second-order valence-corrected chi connectivity index (χ2v) is 5.46. The average Bonchev–Trinajstić information content (AvgIpc) is 3.24. The van der Waals surface area contributed by atoms with Gasteiger partial charge in [-0.3, -0.25) is 4.79 Å². The van der Waals surface area contributed by atoms with Gasteiger partial charge in [-0.2, -0.15) is 0 Å². The smallest absolute Gasteiger partial charge is 0.326 e. The van der Waals surface area contributed by atoms with Crippen LogP contribution in [0.1, 0.15) is 16.8 Å². The third kappa shape index (κ3) is 2.24. The van der Waals surface area contributed by atoms with Gasteiger partial charge in [0.1, 0.15) is 5.15 Å². The predicted molar refractivity (Wildman–Crippen MR) is 82.1 cm³/mol. The van der Waals surface area contributed by atoms with Gasteiger partial charge in [-0.15, -0.1) is 0 Å². The second-order valence-electron chi connectivity index (χ2n) is 5.07. The van der Waals surface area contributed by atoms with Gasteiger partial charge in [0.25, 0.3) is 0 Å². The quantitative estimate of drug-likeness (QED) is 0.643. The van der Waals surface area contributed by atoms with Gasteiger partial charge in [-0.25, -0.2) is 4.98 Å². The largest absolute Gasteiger partial charge is 0.468 e. The number of benzene rings is 1. The first-order chi connectivity index (χ1) is 10.1. The van der Waals surface area contributed by atoms with E-state index in [1.54, 1.807) is 18.2 Å². The first-order valence-corrected chi connectivity index (χ1v) is 6.97. The second kappa shape index (κ2) is 5.01. The molecule has 0 spiro atoms. The fourth-order valence-electron chi connectivity index (χ4n) is 2.50. The topological polar surface area (TPSA) is 39.2 Å². The molecule has 1 aliphatic carbocycles. The number of methoxy groups -OCH3 is 1. The standard InChI is InChI=1S/C17H14ClNO2/c1-11-6-8-12(9-7-11)13-10-17(13,16(20)21-2)14-4-3-5-15(18)19-14/h3-10H,1-2H3. The maximum absolute atomic E-state index is 12.3. The van der Waals surface area contributed by atoms with Gasteiger partial charge in [0, 0.05) is 0 Å². The van der Waals surface area contributed by atoms with Crippen molar-refractivity contribution >= 4 is 23.1 Å². The van der Waals surface area contributed by atoms with Gasteiger partial charge in [0.05, 0.1) is 12.8 Å². The van der Waals surface area contributed by atoms with E-state index in [0.29, 0.717) is 10.8 Å². The number of pyridine rings is 1. The molecule has 21 heavy (non-hydrogen) atoms. The van der Waals surface area contributed by atoms with Crippen LogP contribution in [0.3, 0.4) is 0 Å². The van der Waals surface area contributed by atoms with Gasteiger partial charge < -0.3 is 4.74 Å². The molecule has 0 N–H and O–H groups in total. The third-order valence-electron chi connectivity index (χ3n) is 3.69. The average molecular weight is 300 g/mol. The van der Waals surface area contributed by atoms with Gasteiger partial charge in [-0.1, -0.05) is 53.6 Å². The first kappa shape index (κ1) is 13.8. The number of ether oxygens (including phenoxy) is 1. The lowest BCUT2D eigenvalue weighted by molar-refractivity contribution is -0.142. The molecule has 0 saturated carbocycles. The summed E-state index contributed by atoms with van der Waals surface area (Å²) in [6, 6.07) is 13.3. The maximum Gasteiger partial charge on any atom is 0.326 e. The summed E-state index contributed by atoms with van der Waals surface area (Å²) in [5, 5.41) is 0.360. The molecule has 0 radical (unpaired) electrons. The fraction of sp³-hybridized carbons (Fsp3) is 0.176. The zero-order chi connectivity index (χ0) is 15.0. The van der Waals surface area contributed by atoms with Crippen LogP contribution in [-0.2, 0) is 14.9 Å². The molecule has 0 aliphatic heterocycles. The summed E-state index contributed by atoms with van der Waals surface area (Å²) in [4.78, 5) is 16.6. The molecular weight excluding hydrogens is 286 g/mol. The van der Waals surface area contributed by atoms with E-state index in [1.165, 1.54) is 12.7 Å². The zero-order valence-corrected chi connectivity index (χ0v) is 12.5. The molecule has 4 heteroatoms. The molecule has 3 rings (SSSR count). The van der Waals surface area contributed by atoms with Crippen molar-refractivity contribution in [2.75, 3.05) is 7.11 Å². The van der Waals surface area contributed by atoms with Crippen LogP contribution >= 0.6 is 11.6 Å². The number of aryl methyl sites for hydroxylation is 1. The number of carbonyl (C=O) groups is 1. The van der Waals surface area contributed by atoms with Gasteiger partial charge in [0.15, 0.2) is 5.41 Å². The van der Waals surface area contributed by atoms with Crippen LogP contribution in [0.15, 0.2) is 48.5 Å². The van der Waals surface area contributed by atoms with Crippen molar-refractivity contribution < 1.29 is 9.53 Å². The molecular formula is C17H14ClNO2. The van der Waals surface area contributed by atoms with Gasteiger partial charge in [0.2, 0.25) is 0 Å². The number of rotatable bonds is 3. The molecule has 0 fully saturated rings. The van der Waals surface area contributed by atoms with Crippen molar-refractivity contribution in [2.45, 2.75) is 12.3 Å². The van der Waals surface area contributed by atoms with Crippen LogP contribution in [0.25, 0.3) is 5.57 Å². The van der Waals surface area contributed by atoms with Crippen LogP contribution in [0.5, 0.6) is 0 Å². The lowest BCUT2D eigenvalue weighted by Gasteiger charge is -2.16. The minimum absolute atomic E-state index is 0.340. The van der Waals surface area contributed by atoms with Crippen LogP contribution < -0.4 is 0 Å². The third-order valence-corrected chi connectivity index (χ3v) is 3.90. The monoisotopic (exact) mass is 299 g/mol. The van der Waals surface area contributed by atoms with Gasteiger partial charge in [-0.05, 0) is 30.2 Å². The maximum atomic E-state index is 12.3. The summed E-state index contributed by atoms with van der Waals surface area (Å²) >= 11 is 5.95. The number of hydrogen-bond acceptors (Lipinski definition) is 3. The number of halogens is 1. The van der Waals surface area contributed by atoms with E-state index in [1.807, 2.05) is 37.3 Å². The Bertz CT molecular complexity index is 737. The van der Waals surface area contributed by atoms with Crippen molar-refractivity contribution in [3.05, 3.63) is 70.5 Å². The molecule has 1 aromatic heterocycles. The number of hydrogen-bond donors (Lipinski definition) is 0. The molecule has 106 valence electrons. The number of nitrogens with zero attached hydrogens (tertiary/aromatic N) is 1. The summed E-state index contributed by atoms with van der Waals surface area (Å²) in [7, 11) is 1.38. The highest BCUT2D eigenvalue weighted by Crippen LogP contribution is 2.53. The zero-order valence-electron chi connectivity index (χ0n) is 11.8. The number of carbonyl (C=O) groups excluding carboxylic acids is 1. The lowest BCUT2D eigenvalue weighted by atomic mass is 9.91. The molecule has 1 aliphatic rings. The van der Waals surface area contributed by atoms with E-state index in [2.05, 4.69) is 4.98 Å². The van der Waals surface area contributed by atoms with Crippen molar-refractivity contribution in [2.24, 2.45) is 0 Å². The Morgan fingerprint density at radius 2 is 1.90 bits per heavy atom. The Morgan fingerprint density at radius 1 is 1.19 bits per heavy atom. The Morgan fingerprint density at radius 3 is 2.52 bits per heavy atom. The first-order valence-electron chi connectivity index (χ1n) is 6.60. The normalized spacial score (nSPS) is 19.9. The van der Waals surface area contributed by atoms with Crippen molar-refractivity contribution in [3.63, 3.8) is 0 Å². The van der Waals surface area contributed by atoms with Crippen LogP contribution in [0.4, 0.5) is 0 Å². The van der Waals surface area contributed by atoms with E-state index >= 15 is 0 Å². The molecule has 1 unspecified atom stereocenters. The molecule has 1 atom stereocenters. The molecule has 0 bridgehead atoms. The Balaban J connectivity index is 2.03. The Hall–Kier alpha value is -2.13. The van der Waals surface area contributed by atoms with Gasteiger partial charge >= 0.3 is 5.97 Å². The summed E-state index contributed by atoms with van der Waals surface area (Å²) in [5.74, 6) is -0.340. The predicted octanol–water partition coefficient (Wildman–Crippen LogP) is 3.55. The summed E-state index contributed by atoms with van der Waals surface area (Å²) < 4.78 is 4.97. The minimum Gasteiger partial charge on any atom is -0.468 e. The summed E-state index contributed by atoms with van der Waals surface area (Å²) in [5.41, 5.74) is 2.76. The van der Waals surface area contributed by atoms with Crippen molar-refractivity contribution in [3.8, 4) is 0 Å². The van der Waals surface area contributed by atoms with E-state index in [-0.39, 0.29) is 5.97 Å². The van der Waals surface area contributed by atoms with E-state index in [4.69, 9.17) is 16.3 Å². The highest BCUT2D eigenvalue weighted by molar-refractivity contribution is 6.29. The Kier molecular flexibility index (Phi) is 3.30. The molecule has 0 amide bonds. The van der Waals surface area contributed by atoms with Crippen LogP contribution in [0, 0.1) is 6.92 Å². The summed E-state index contributed by atoms with van der Waals surface area (Å²) in [6.45, 7) is 2.02. The lowest BCUT2D eigenvalue weighted by Crippen LogP contribution is -2.26. The van der Waals surface area contributed by atoms with E-state index in [0.717, 1.165) is 11.1 Å². The Labute approximate surface area is 128 Å².